The van der Waals surface area contributed by atoms with Crippen molar-refractivity contribution in [2.45, 2.75) is 120 Å². The number of rotatable bonds is 10. The summed E-state index contributed by atoms with van der Waals surface area (Å²) in [4.78, 5) is 74.9. The Labute approximate surface area is 358 Å². The zero-order chi connectivity index (χ0) is 42.2. The third kappa shape index (κ3) is 8.95. The molecule has 16 nitrogen and oxygen atoms in total. The normalized spacial score (nSPS) is 30.5. The number of hydrogen-bond donors (Lipinski definition) is 4. The van der Waals surface area contributed by atoms with E-state index in [0.717, 1.165) is 32.1 Å². The topological polar surface area (TPSA) is 220 Å². The van der Waals surface area contributed by atoms with E-state index in [1.807, 2.05) is 12.2 Å². The molecule has 3 saturated carbocycles. The average molecular weight is 961 g/mol. The number of carbonyl (C=O) groups excluding carboxylic acids is 4. The number of halogens is 1. The van der Waals surface area contributed by atoms with Crippen molar-refractivity contribution in [3.63, 3.8) is 0 Å². The molecule has 4 amide bonds. The van der Waals surface area contributed by atoms with Crippen LogP contribution in [0, 0.1) is 11.8 Å². The van der Waals surface area contributed by atoms with Crippen molar-refractivity contribution >= 4 is 50.7 Å². The molecule has 3 aliphatic carbocycles. The van der Waals surface area contributed by atoms with Gasteiger partial charge in [0.05, 0.1) is 0 Å². The first kappa shape index (κ1) is 42.2. The van der Waals surface area contributed by atoms with Gasteiger partial charge in [-0.05, 0) is 25.7 Å². The van der Waals surface area contributed by atoms with Crippen LogP contribution in [0.1, 0.15) is 82.6 Å². The van der Waals surface area contributed by atoms with Crippen LogP contribution in [-0.2, 0) is 40.4 Å². The molecule has 4 heterocycles. The van der Waals surface area contributed by atoms with Crippen LogP contribution >= 0.6 is 0 Å². The Bertz CT molecular complexity index is 2190. The molecule has 0 radical (unpaired) electrons. The number of amides is 4. The van der Waals surface area contributed by atoms with E-state index in [1.165, 1.54) is 4.90 Å². The summed E-state index contributed by atoms with van der Waals surface area (Å²) in [5, 5.41) is 15.3. The standard InChI is InChI=1S/C42H51IN5O11S/c1-2-33-42(43-33,40(53)47-60(55,56)27-19-20-27)46-37(51)31-21-26-22-48(31)39(52)35(25-12-6-7-13-25)45-41(54)59-32-18-10-14-24(32)11-4-3-5-16-29-36(57-23-34(49)50)28-15-8-9-17-30(28)44-38(29)58-26/h2-3,5,8-9,15,17,24-27,31-33,35H,1,4,6-7,10-14,16,18-23H2,(H,45,54)(H,46,51)(H,47,53)(H,49,50)/q-1/b5-3+/t24-,26-,31+,32-,33+,35+,42-/m1/s1. The Morgan fingerprint density at radius 2 is 1.80 bits per heavy atom. The van der Waals surface area contributed by atoms with E-state index in [9.17, 15) is 37.5 Å². The van der Waals surface area contributed by atoms with Crippen LogP contribution < -0.4 is 46.0 Å². The van der Waals surface area contributed by atoms with Gasteiger partial charge in [0.1, 0.15) is 0 Å². The number of benzene rings is 1. The number of nitrogens with one attached hydrogen (secondary N) is 3. The summed E-state index contributed by atoms with van der Waals surface area (Å²) in [6, 6.07) is 4.96. The number of hydrogen-bond acceptors (Lipinski definition) is 11. The SMILES string of the molecule is C=C[C@@H]1[I-][C@]1(NC(=O)[C@@H]1C[C@@H]2CN1C(=O)[C@H](C1CCCC1)NC(=O)O[C@@H]1CCC[C@H]1CC/C=C/Cc1c(nc3ccccc3c1OCC(=O)O)O2)C(=O)NS(=O)(=O)C1CC1. The van der Waals surface area contributed by atoms with Gasteiger partial charge >= 0.3 is 319 Å². The van der Waals surface area contributed by atoms with Crippen LogP contribution in [0.2, 0.25) is 0 Å². The van der Waals surface area contributed by atoms with Crippen molar-refractivity contribution in [2.24, 2.45) is 11.8 Å². The Kier molecular flexibility index (Phi) is 12.3. The molecule has 1 aromatic heterocycles. The molecule has 2 bridgehead atoms. The first-order valence-electron chi connectivity index (χ1n) is 20.9. The van der Waals surface area contributed by atoms with Gasteiger partial charge in [-0.15, -0.1) is 0 Å². The second-order valence-corrected chi connectivity index (χ2v) is 22.2. The number of aliphatic carboxylic acids is 1. The Hall–Kier alpha value is -4.46. The molecule has 6 aliphatic rings. The summed E-state index contributed by atoms with van der Waals surface area (Å²) in [6.45, 7) is 3.13. The van der Waals surface area contributed by atoms with Gasteiger partial charge in [0.15, 0.2) is 0 Å². The molecular weight excluding hydrogens is 909 g/mol. The molecule has 3 aliphatic heterocycles. The summed E-state index contributed by atoms with van der Waals surface area (Å²) in [5.41, 5.74) is 0.988. The predicted molar refractivity (Wildman–Crippen MR) is 213 cm³/mol. The fourth-order valence-corrected chi connectivity index (χ4v) is 13.4. The van der Waals surface area contributed by atoms with Crippen LogP contribution in [0.15, 0.2) is 49.1 Å². The number of alkyl halides is 2. The second-order valence-electron chi connectivity index (χ2n) is 16.6. The number of carboxylic acid groups (broad SMARTS) is 1. The van der Waals surface area contributed by atoms with Crippen molar-refractivity contribution in [3.8, 4) is 11.6 Å². The molecule has 7 atom stereocenters. The van der Waals surface area contributed by atoms with E-state index in [0.29, 0.717) is 60.7 Å². The number of allylic oxidation sites excluding steroid dienone is 2. The minimum absolute atomic E-state index is 0.0343. The van der Waals surface area contributed by atoms with E-state index in [2.05, 4.69) is 21.9 Å². The van der Waals surface area contributed by atoms with E-state index < -0.39 is 98.5 Å². The van der Waals surface area contributed by atoms with Gasteiger partial charge in [-0.2, -0.15) is 0 Å². The van der Waals surface area contributed by atoms with E-state index >= 15 is 0 Å². The molecule has 2 aromatic rings. The zero-order valence-corrected chi connectivity index (χ0v) is 36.2. The van der Waals surface area contributed by atoms with Crippen LogP contribution in [-0.4, -0.2) is 103 Å². The number of aromatic nitrogens is 1. The molecule has 0 unspecified atom stereocenters. The van der Waals surface area contributed by atoms with Crippen molar-refractivity contribution < 1.29 is 72.9 Å². The maximum atomic E-state index is 15.0. The molecule has 18 heteroatoms. The van der Waals surface area contributed by atoms with Gasteiger partial charge in [0.25, 0.3) is 0 Å². The van der Waals surface area contributed by atoms with Crippen molar-refractivity contribution in [3.05, 3.63) is 54.6 Å². The molecule has 5 fully saturated rings. The Morgan fingerprint density at radius 1 is 1.03 bits per heavy atom. The van der Waals surface area contributed by atoms with Crippen LogP contribution in [0.5, 0.6) is 11.6 Å². The molecular formula is C42H51IN5O11S-. The molecule has 0 spiro atoms. The molecule has 2 saturated heterocycles. The average Bonchev–Trinajstić information content (AvgIpc) is 4.01. The first-order valence-corrected chi connectivity index (χ1v) is 24.7. The third-order valence-electron chi connectivity index (χ3n) is 12.5. The number of para-hydroxylation sites is 1. The zero-order valence-electron chi connectivity index (χ0n) is 33.2. The van der Waals surface area contributed by atoms with E-state index in [1.54, 1.807) is 30.3 Å². The van der Waals surface area contributed by atoms with Crippen molar-refractivity contribution in [1.82, 2.24) is 25.2 Å². The number of alkyl carbamates (subject to hydrolysis) is 1. The minimum atomic E-state index is -3.92. The number of nitrogens with zero attached hydrogens (tertiary/aromatic N) is 2. The number of carboxylic acids is 1. The van der Waals surface area contributed by atoms with Crippen LogP contribution in [0.3, 0.4) is 0 Å². The fourth-order valence-electron chi connectivity index (χ4n) is 9.19. The van der Waals surface area contributed by atoms with Gasteiger partial charge in [0, 0.05) is 0 Å². The Balaban J connectivity index is 1.16. The van der Waals surface area contributed by atoms with Gasteiger partial charge in [-0.25, -0.2) is 4.79 Å². The number of sulfonamides is 1. The quantitative estimate of drug-likeness (QED) is 0.111. The van der Waals surface area contributed by atoms with Crippen molar-refractivity contribution in [1.29, 1.82) is 0 Å². The monoisotopic (exact) mass is 960 g/mol. The summed E-state index contributed by atoms with van der Waals surface area (Å²) in [5.74, 6) is -2.76. The van der Waals surface area contributed by atoms with E-state index in [-0.39, 0.29) is 43.2 Å². The molecule has 324 valence electrons. The molecule has 4 N–H and O–H groups in total. The molecule has 1 aromatic carbocycles. The summed E-state index contributed by atoms with van der Waals surface area (Å²) in [7, 11) is -3.92. The summed E-state index contributed by atoms with van der Waals surface area (Å²) >= 11 is -1.09. The second kappa shape index (κ2) is 17.5. The molecule has 60 heavy (non-hydrogen) atoms. The first-order chi connectivity index (χ1) is 28.9. The van der Waals surface area contributed by atoms with Gasteiger partial charge in [-0.1, -0.05) is 6.07 Å². The van der Waals surface area contributed by atoms with Crippen LogP contribution in [0.25, 0.3) is 10.9 Å². The maximum absolute atomic E-state index is 15.0. The van der Waals surface area contributed by atoms with Crippen LogP contribution in [0.4, 0.5) is 4.79 Å². The summed E-state index contributed by atoms with van der Waals surface area (Å²) in [6.07, 6.45) is 11.9. The van der Waals surface area contributed by atoms with Gasteiger partial charge < -0.3 is 5.11 Å². The van der Waals surface area contributed by atoms with Gasteiger partial charge in [0.2, 0.25) is 0 Å². The van der Waals surface area contributed by atoms with E-state index in [4.69, 9.17) is 19.2 Å². The predicted octanol–water partition coefficient (Wildman–Crippen LogP) is 0.471. The molecule has 8 rings (SSSR count). The number of pyridine rings is 1. The Morgan fingerprint density at radius 3 is 2.53 bits per heavy atom. The van der Waals surface area contributed by atoms with Crippen molar-refractivity contribution in [2.75, 3.05) is 13.2 Å². The summed E-state index contributed by atoms with van der Waals surface area (Å²) < 4.78 is 44.6. The number of carbonyl (C=O) groups is 5. The third-order valence-corrected chi connectivity index (χ3v) is 18.2. The number of ether oxygens (including phenoxy) is 3. The van der Waals surface area contributed by atoms with Gasteiger partial charge in [-0.3, -0.25) is 0 Å². The fraction of sp³-hybridized carbons (Fsp3) is 0.571. The number of fused-ring (bicyclic) bond motifs is 5.